The maximum absolute atomic E-state index is 13.2. The minimum absolute atomic E-state index is 0.0808. The number of nitrogens with zero attached hydrogens (tertiary/aromatic N) is 3. The van der Waals surface area contributed by atoms with Gasteiger partial charge in [0.15, 0.2) is 0 Å². The molecule has 0 aliphatic carbocycles. The van der Waals surface area contributed by atoms with Crippen molar-refractivity contribution in [3.63, 3.8) is 0 Å². The van der Waals surface area contributed by atoms with Crippen LogP contribution in [0.2, 0.25) is 0 Å². The number of unbranched alkanes of at least 4 members (excludes halogenated alkanes) is 1. The summed E-state index contributed by atoms with van der Waals surface area (Å²) >= 11 is 1.94. The fourth-order valence-corrected chi connectivity index (χ4v) is 6.97. The fraction of sp³-hybridized carbons (Fsp3) is 0.543. The van der Waals surface area contributed by atoms with Gasteiger partial charge in [-0.15, -0.1) is 11.8 Å². The number of fused-ring (bicyclic) bond motifs is 1. The first kappa shape index (κ1) is 36.0. The van der Waals surface area contributed by atoms with E-state index in [2.05, 4.69) is 50.8 Å². The van der Waals surface area contributed by atoms with Gasteiger partial charge in [-0.1, -0.05) is 24.3 Å². The first-order valence-electron chi connectivity index (χ1n) is 17.0. The maximum Gasteiger partial charge on any atom is 0.264 e. The summed E-state index contributed by atoms with van der Waals surface area (Å²) in [6.45, 7) is 9.97. The van der Waals surface area contributed by atoms with E-state index in [4.69, 9.17) is 14.2 Å². The highest BCUT2D eigenvalue weighted by molar-refractivity contribution is 7.99. The molecule has 13 heteroatoms. The van der Waals surface area contributed by atoms with Gasteiger partial charge in [0.2, 0.25) is 11.8 Å². The molecule has 260 valence electrons. The van der Waals surface area contributed by atoms with E-state index in [0.29, 0.717) is 51.9 Å². The molecule has 0 bridgehead atoms. The Kier molecular flexibility index (Phi) is 14.2. The molecule has 2 aromatic rings. The normalized spacial score (nSPS) is 18.8. The van der Waals surface area contributed by atoms with Gasteiger partial charge in [0.25, 0.3) is 11.8 Å². The summed E-state index contributed by atoms with van der Waals surface area (Å²) in [5, 5.41) is 5.37. The van der Waals surface area contributed by atoms with E-state index < -0.39 is 29.7 Å². The minimum Gasteiger partial charge on any atom is -0.382 e. The third kappa shape index (κ3) is 10.3. The molecule has 1 atom stereocenters. The highest BCUT2D eigenvalue weighted by atomic mass is 32.2. The third-order valence-corrected chi connectivity index (χ3v) is 9.77. The van der Waals surface area contributed by atoms with Crippen LogP contribution in [0.4, 0.5) is 5.69 Å². The summed E-state index contributed by atoms with van der Waals surface area (Å²) in [5.41, 5.74) is 0.978. The summed E-state index contributed by atoms with van der Waals surface area (Å²) < 4.78 is 17.0. The molecule has 0 radical (unpaired) electrons. The van der Waals surface area contributed by atoms with Crippen LogP contribution in [-0.2, 0) is 23.8 Å². The van der Waals surface area contributed by atoms with E-state index in [1.807, 2.05) is 11.8 Å². The molecule has 48 heavy (non-hydrogen) atoms. The van der Waals surface area contributed by atoms with Crippen LogP contribution >= 0.6 is 11.8 Å². The van der Waals surface area contributed by atoms with Gasteiger partial charge in [-0.05, 0) is 55.8 Å². The lowest BCUT2D eigenvalue weighted by atomic mass is 10.0. The average molecular weight is 682 g/mol. The molecule has 2 aromatic carbocycles. The monoisotopic (exact) mass is 681 g/mol. The Morgan fingerprint density at radius 3 is 2.17 bits per heavy atom. The van der Waals surface area contributed by atoms with Crippen molar-refractivity contribution < 1.29 is 33.4 Å². The number of rotatable bonds is 20. The van der Waals surface area contributed by atoms with E-state index in [9.17, 15) is 19.2 Å². The average Bonchev–Trinajstić information content (AvgIpc) is 3.35. The predicted octanol–water partition coefficient (Wildman–Crippen LogP) is 2.74. The number of amides is 4. The molecule has 2 N–H and O–H groups in total. The predicted molar refractivity (Wildman–Crippen MR) is 183 cm³/mol. The number of anilines is 1. The Morgan fingerprint density at radius 2 is 1.44 bits per heavy atom. The van der Waals surface area contributed by atoms with Gasteiger partial charge in [0.05, 0.1) is 50.8 Å². The smallest absolute Gasteiger partial charge is 0.264 e. The Hall–Kier alpha value is -3.33. The van der Waals surface area contributed by atoms with Gasteiger partial charge in [-0.3, -0.25) is 34.3 Å². The van der Waals surface area contributed by atoms with Crippen molar-refractivity contribution in [2.45, 2.75) is 36.6 Å². The summed E-state index contributed by atoms with van der Waals surface area (Å²) in [5.74, 6) is -0.919. The highest BCUT2D eigenvalue weighted by Crippen LogP contribution is 2.32. The summed E-state index contributed by atoms with van der Waals surface area (Å²) in [6.07, 6.45) is 2.70. The molecule has 3 aliphatic rings. The molecule has 12 nitrogen and oxygen atoms in total. The van der Waals surface area contributed by atoms with E-state index in [1.165, 1.54) is 30.0 Å². The number of nitrogens with one attached hydrogen (secondary N) is 2. The molecule has 1 unspecified atom stereocenters. The number of carbonyl (C=O) groups is 4. The van der Waals surface area contributed by atoms with Crippen LogP contribution in [0.1, 0.15) is 46.4 Å². The van der Waals surface area contributed by atoms with Gasteiger partial charge in [-0.2, -0.15) is 0 Å². The zero-order valence-corrected chi connectivity index (χ0v) is 28.3. The first-order valence-corrected chi connectivity index (χ1v) is 17.9. The highest BCUT2D eigenvalue weighted by Gasteiger charge is 2.45. The second kappa shape index (κ2) is 19.0. The number of ether oxygens (including phenoxy) is 3. The number of hydrogen-bond acceptors (Lipinski definition) is 11. The fourth-order valence-electron chi connectivity index (χ4n) is 6.04. The zero-order valence-electron chi connectivity index (χ0n) is 27.5. The quantitative estimate of drug-likeness (QED) is 0.122. The van der Waals surface area contributed by atoms with Crippen LogP contribution in [-0.4, -0.2) is 136 Å². The molecule has 2 fully saturated rings. The number of carbonyl (C=O) groups excluding carboxylic acids is 4. The second-order valence-electron chi connectivity index (χ2n) is 12.0. The molecule has 0 aromatic heterocycles. The molecular formula is C35H47N5O7S. The standard InChI is InChI=1S/C35H47N5O7S/c41-31-12-11-30(33(42)37-31)40-34(43)28-9-6-10-29(32(28)35(40)44)36-13-20-45-22-24-47-25-23-46-21-19-39-17-15-38(16-18-39)14-4-5-26-48-27-7-2-1-3-8-27/h1-3,6-10,30,36H,4-5,11-26H2,(H,37,41,42). The van der Waals surface area contributed by atoms with Crippen molar-refractivity contribution in [1.82, 2.24) is 20.0 Å². The van der Waals surface area contributed by atoms with Crippen LogP contribution in [0.3, 0.4) is 0 Å². The minimum atomic E-state index is -0.992. The third-order valence-electron chi connectivity index (χ3n) is 8.67. The number of hydrogen-bond donors (Lipinski definition) is 2. The Labute approximate surface area is 286 Å². The van der Waals surface area contributed by atoms with Crippen LogP contribution in [0, 0.1) is 0 Å². The lowest BCUT2D eigenvalue weighted by Gasteiger charge is -2.34. The van der Waals surface area contributed by atoms with Crippen LogP contribution in [0.5, 0.6) is 0 Å². The molecule has 4 amide bonds. The Morgan fingerprint density at radius 1 is 0.750 bits per heavy atom. The largest absolute Gasteiger partial charge is 0.382 e. The zero-order chi connectivity index (χ0) is 33.6. The van der Waals surface area contributed by atoms with Gasteiger partial charge < -0.3 is 24.4 Å². The van der Waals surface area contributed by atoms with Gasteiger partial charge in [-0.25, -0.2) is 0 Å². The number of benzene rings is 2. The van der Waals surface area contributed by atoms with Crippen molar-refractivity contribution in [2.75, 3.05) is 96.5 Å². The molecule has 0 spiro atoms. The molecule has 2 saturated heterocycles. The van der Waals surface area contributed by atoms with E-state index in [-0.39, 0.29) is 24.0 Å². The van der Waals surface area contributed by atoms with Crippen LogP contribution in [0.15, 0.2) is 53.4 Å². The van der Waals surface area contributed by atoms with E-state index in [0.717, 1.165) is 37.6 Å². The number of thioether (sulfide) groups is 1. The topological polar surface area (TPSA) is 130 Å². The molecular weight excluding hydrogens is 634 g/mol. The lowest BCUT2D eigenvalue weighted by molar-refractivity contribution is -0.136. The van der Waals surface area contributed by atoms with Crippen molar-refractivity contribution in [1.29, 1.82) is 0 Å². The van der Waals surface area contributed by atoms with E-state index >= 15 is 0 Å². The molecule has 3 heterocycles. The lowest BCUT2D eigenvalue weighted by Crippen LogP contribution is -2.54. The molecule has 0 saturated carbocycles. The first-order chi connectivity index (χ1) is 23.5. The second-order valence-corrected chi connectivity index (χ2v) is 13.2. The Balaban J connectivity index is 0.844. The van der Waals surface area contributed by atoms with Crippen molar-refractivity contribution >= 4 is 41.1 Å². The number of imide groups is 2. The van der Waals surface area contributed by atoms with Gasteiger partial charge in [0.1, 0.15) is 6.04 Å². The number of piperidine rings is 1. The van der Waals surface area contributed by atoms with Gasteiger partial charge >= 0.3 is 0 Å². The molecule has 3 aliphatic heterocycles. The van der Waals surface area contributed by atoms with Crippen molar-refractivity contribution in [3.8, 4) is 0 Å². The van der Waals surface area contributed by atoms with Crippen molar-refractivity contribution in [2.24, 2.45) is 0 Å². The summed E-state index contributed by atoms with van der Waals surface area (Å²) in [7, 11) is 0. The summed E-state index contributed by atoms with van der Waals surface area (Å²) in [4.78, 5) is 57.3. The SMILES string of the molecule is O=C1CCC(N2C(=O)c3cccc(NCCOCCOCCOCCN4CCN(CCCCSc5ccccc5)CC4)c3C2=O)C(=O)N1. The number of piperazine rings is 1. The maximum atomic E-state index is 13.2. The molecule has 5 rings (SSSR count). The van der Waals surface area contributed by atoms with Crippen LogP contribution in [0.25, 0.3) is 0 Å². The Bertz CT molecular complexity index is 1370. The van der Waals surface area contributed by atoms with Gasteiger partial charge in [0, 0.05) is 56.3 Å². The van der Waals surface area contributed by atoms with Crippen molar-refractivity contribution in [3.05, 3.63) is 59.7 Å². The van der Waals surface area contributed by atoms with Crippen LogP contribution < -0.4 is 10.6 Å². The summed E-state index contributed by atoms with van der Waals surface area (Å²) in [6, 6.07) is 14.6. The van der Waals surface area contributed by atoms with E-state index in [1.54, 1.807) is 18.2 Å².